The first kappa shape index (κ1) is 10.1. The van der Waals surface area contributed by atoms with Crippen LogP contribution in [-0.4, -0.2) is 5.91 Å². The number of benzene rings is 2. The molecular weight excluding hydrogens is 212 g/mol. The zero-order chi connectivity index (χ0) is 11.8. The van der Waals surface area contributed by atoms with Crippen molar-refractivity contribution < 1.29 is 4.79 Å². The highest BCUT2D eigenvalue weighted by molar-refractivity contribution is 5.95. The molecule has 0 heterocycles. The Hall–Kier alpha value is -2.13. The van der Waals surface area contributed by atoms with E-state index in [1.54, 1.807) is 0 Å². The maximum absolute atomic E-state index is 11.9. The zero-order valence-electron chi connectivity index (χ0n) is 9.18. The number of hydrazine groups is 1. The van der Waals surface area contributed by atoms with Crippen LogP contribution in [0.2, 0.25) is 0 Å². The minimum absolute atomic E-state index is 0.164. The Bertz CT molecular complexity index is 547. The highest BCUT2D eigenvalue weighted by Gasteiger charge is 2.32. The van der Waals surface area contributed by atoms with Crippen LogP contribution in [0.5, 0.6) is 0 Å². The van der Waals surface area contributed by atoms with E-state index in [4.69, 9.17) is 5.84 Å². The summed E-state index contributed by atoms with van der Waals surface area (Å²) < 4.78 is 0. The van der Waals surface area contributed by atoms with Crippen LogP contribution in [0, 0.1) is 0 Å². The van der Waals surface area contributed by atoms with Crippen LogP contribution in [0.3, 0.4) is 0 Å². The first-order valence-corrected chi connectivity index (χ1v) is 5.51. The number of fused-ring (bicyclic) bond motifs is 3. The van der Waals surface area contributed by atoms with Gasteiger partial charge in [0.2, 0.25) is 5.91 Å². The second-order valence-electron chi connectivity index (χ2n) is 4.12. The van der Waals surface area contributed by atoms with Gasteiger partial charge < -0.3 is 0 Å². The number of nitrogens with two attached hydrogens (primary N) is 1. The number of nitrogens with one attached hydrogen (secondary N) is 1. The molecule has 2 aromatic rings. The van der Waals surface area contributed by atoms with E-state index in [1.165, 1.54) is 0 Å². The summed E-state index contributed by atoms with van der Waals surface area (Å²) in [5.74, 6) is 4.82. The number of carbonyl (C=O) groups is 1. The molecular formula is C14H12N2O. The third-order valence-electron chi connectivity index (χ3n) is 3.24. The smallest absolute Gasteiger partial charge is 0.245 e. The lowest BCUT2D eigenvalue weighted by atomic mass is 9.96. The van der Waals surface area contributed by atoms with Crippen LogP contribution in [0.4, 0.5) is 0 Å². The summed E-state index contributed by atoms with van der Waals surface area (Å²) in [6.45, 7) is 0. The molecule has 0 bridgehead atoms. The summed E-state index contributed by atoms with van der Waals surface area (Å²) in [5.41, 5.74) is 6.54. The quantitative estimate of drug-likeness (QED) is 0.441. The summed E-state index contributed by atoms with van der Waals surface area (Å²) in [6, 6.07) is 15.9. The van der Waals surface area contributed by atoms with Gasteiger partial charge in [0.15, 0.2) is 0 Å². The summed E-state index contributed by atoms with van der Waals surface area (Å²) in [4.78, 5) is 11.9. The van der Waals surface area contributed by atoms with E-state index in [-0.39, 0.29) is 11.8 Å². The molecule has 84 valence electrons. The largest absolute Gasteiger partial charge is 0.293 e. The lowest BCUT2D eigenvalue weighted by Gasteiger charge is -2.10. The van der Waals surface area contributed by atoms with E-state index < -0.39 is 0 Å². The molecule has 0 spiro atoms. The Kier molecular flexibility index (Phi) is 2.20. The molecule has 0 fully saturated rings. The molecule has 3 N–H and O–H groups in total. The maximum atomic E-state index is 11.9. The molecule has 0 saturated heterocycles. The van der Waals surface area contributed by atoms with E-state index in [2.05, 4.69) is 5.43 Å². The molecule has 1 aliphatic carbocycles. The third-order valence-corrected chi connectivity index (χ3v) is 3.24. The highest BCUT2D eigenvalue weighted by atomic mass is 16.2. The van der Waals surface area contributed by atoms with Crippen LogP contribution < -0.4 is 11.3 Å². The first-order valence-electron chi connectivity index (χ1n) is 5.51. The molecule has 3 rings (SSSR count). The standard InChI is InChI=1S/C14H12N2O/c15-16-14(17)13-11-7-3-1-5-9(11)10-6-2-4-8-12(10)13/h1-8,13H,15H2,(H,16,17). The molecule has 0 unspecified atom stereocenters. The van der Waals surface area contributed by atoms with Crippen molar-refractivity contribution in [3.05, 3.63) is 59.7 Å². The van der Waals surface area contributed by atoms with Crippen molar-refractivity contribution >= 4 is 5.91 Å². The molecule has 3 heteroatoms. The van der Waals surface area contributed by atoms with Crippen molar-refractivity contribution in [2.75, 3.05) is 0 Å². The molecule has 2 aromatic carbocycles. The predicted octanol–water partition coefficient (Wildman–Crippen LogP) is 1.79. The van der Waals surface area contributed by atoms with Gasteiger partial charge in [-0.2, -0.15) is 0 Å². The summed E-state index contributed by atoms with van der Waals surface area (Å²) in [5, 5.41) is 0. The molecule has 0 atom stereocenters. The molecule has 0 radical (unpaired) electrons. The Labute approximate surface area is 99.2 Å². The SMILES string of the molecule is NNC(=O)C1c2ccccc2-c2ccccc21. The molecule has 3 nitrogen and oxygen atoms in total. The monoisotopic (exact) mass is 224 g/mol. The van der Waals surface area contributed by atoms with E-state index >= 15 is 0 Å². The van der Waals surface area contributed by atoms with Gasteiger partial charge in [0.25, 0.3) is 0 Å². The van der Waals surface area contributed by atoms with Gasteiger partial charge in [-0.25, -0.2) is 5.84 Å². The van der Waals surface area contributed by atoms with Crippen molar-refractivity contribution in [1.29, 1.82) is 0 Å². The van der Waals surface area contributed by atoms with Gasteiger partial charge in [-0.1, -0.05) is 48.5 Å². The van der Waals surface area contributed by atoms with Gasteiger partial charge in [-0.05, 0) is 22.3 Å². The van der Waals surface area contributed by atoms with Crippen molar-refractivity contribution in [3.63, 3.8) is 0 Å². The van der Waals surface area contributed by atoms with Crippen molar-refractivity contribution in [3.8, 4) is 11.1 Å². The fourth-order valence-electron chi connectivity index (χ4n) is 2.52. The van der Waals surface area contributed by atoms with E-state index in [9.17, 15) is 4.79 Å². The Morgan fingerprint density at radius 1 is 0.941 bits per heavy atom. The topological polar surface area (TPSA) is 55.1 Å². The van der Waals surface area contributed by atoms with Gasteiger partial charge in [-0.15, -0.1) is 0 Å². The first-order chi connectivity index (χ1) is 8.33. The fraction of sp³-hybridized carbons (Fsp3) is 0.0714. The van der Waals surface area contributed by atoms with Gasteiger partial charge in [0, 0.05) is 0 Å². The lowest BCUT2D eigenvalue weighted by molar-refractivity contribution is -0.121. The zero-order valence-corrected chi connectivity index (χ0v) is 9.18. The average Bonchev–Trinajstić information content (AvgIpc) is 2.72. The van der Waals surface area contributed by atoms with E-state index in [1.807, 2.05) is 48.5 Å². The van der Waals surface area contributed by atoms with Crippen molar-refractivity contribution in [2.24, 2.45) is 5.84 Å². The summed E-state index contributed by atoms with van der Waals surface area (Å²) in [7, 11) is 0. The molecule has 0 saturated carbocycles. The van der Waals surface area contributed by atoms with Crippen LogP contribution in [-0.2, 0) is 4.79 Å². The summed E-state index contributed by atoms with van der Waals surface area (Å²) >= 11 is 0. The van der Waals surface area contributed by atoms with E-state index in [0.717, 1.165) is 22.3 Å². The normalized spacial score (nSPS) is 13.0. The third kappa shape index (κ3) is 1.36. The van der Waals surface area contributed by atoms with Gasteiger partial charge in [-0.3, -0.25) is 10.2 Å². The number of hydrogen-bond donors (Lipinski definition) is 2. The van der Waals surface area contributed by atoms with Crippen molar-refractivity contribution in [1.82, 2.24) is 5.43 Å². The number of hydrogen-bond acceptors (Lipinski definition) is 2. The molecule has 0 aromatic heterocycles. The second kappa shape index (κ2) is 3.71. The molecule has 17 heavy (non-hydrogen) atoms. The Morgan fingerprint density at radius 2 is 1.41 bits per heavy atom. The molecule has 1 aliphatic rings. The van der Waals surface area contributed by atoms with Crippen LogP contribution in [0.25, 0.3) is 11.1 Å². The number of rotatable bonds is 1. The van der Waals surface area contributed by atoms with Crippen LogP contribution >= 0.6 is 0 Å². The minimum atomic E-state index is -0.285. The average molecular weight is 224 g/mol. The minimum Gasteiger partial charge on any atom is -0.293 e. The van der Waals surface area contributed by atoms with Crippen molar-refractivity contribution in [2.45, 2.75) is 5.92 Å². The maximum Gasteiger partial charge on any atom is 0.245 e. The summed E-state index contributed by atoms with van der Waals surface area (Å²) in [6.07, 6.45) is 0. The number of amides is 1. The van der Waals surface area contributed by atoms with Gasteiger partial charge >= 0.3 is 0 Å². The van der Waals surface area contributed by atoms with Crippen LogP contribution in [0.1, 0.15) is 17.0 Å². The highest BCUT2D eigenvalue weighted by Crippen LogP contribution is 2.44. The fourth-order valence-corrected chi connectivity index (χ4v) is 2.52. The second-order valence-corrected chi connectivity index (χ2v) is 4.12. The predicted molar refractivity (Wildman–Crippen MR) is 66.1 cm³/mol. The molecule has 0 aliphatic heterocycles. The van der Waals surface area contributed by atoms with Gasteiger partial charge in [0.1, 0.15) is 0 Å². The Balaban J connectivity index is 2.27. The molecule has 1 amide bonds. The van der Waals surface area contributed by atoms with E-state index in [0.29, 0.717) is 0 Å². The lowest BCUT2D eigenvalue weighted by Crippen LogP contribution is -2.34. The number of carbonyl (C=O) groups excluding carboxylic acids is 1. The van der Waals surface area contributed by atoms with Crippen LogP contribution in [0.15, 0.2) is 48.5 Å². The Morgan fingerprint density at radius 3 is 1.88 bits per heavy atom. The van der Waals surface area contributed by atoms with Gasteiger partial charge in [0.05, 0.1) is 5.92 Å².